The van der Waals surface area contributed by atoms with Crippen LogP contribution in [0.5, 0.6) is 11.5 Å². The van der Waals surface area contributed by atoms with Gasteiger partial charge in [0.2, 0.25) is 0 Å². The van der Waals surface area contributed by atoms with E-state index in [1.807, 2.05) is 68.4 Å². The van der Waals surface area contributed by atoms with E-state index in [2.05, 4.69) is 20.9 Å². The van der Waals surface area contributed by atoms with Crippen molar-refractivity contribution in [1.29, 1.82) is 0 Å². The average Bonchev–Trinajstić information content (AvgIpc) is 2.64. The molecule has 0 atom stereocenters. The number of nitrogens with zero attached hydrogens (tertiary/aromatic N) is 1. The van der Waals surface area contributed by atoms with Crippen LogP contribution in [0.25, 0.3) is 11.3 Å². The predicted octanol–water partition coefficient (Wildman–Crippen LogP) is 6.39. The van der Waals surface area contributed by atoms with Crippen LogP contribution in [0.1, 0.15) is 21.6 Å². The number of ether oxygens (including phenoxy) is 1. The van der Waals surface area contributed by atoms with E-state index in [0.717, 1.165) is 39.0 Å². The zero-order valence-corrected chi connectivity index (χ0v) is 16.8. The van der Waals surface area contributed by atoms with Gasteiger partial charge in [-0.15, -0.1) is 0 Å². The number of hydrogen-bond acceptors (Lipinski definition) is 3. The SMILES string of the molecule is Cc1cc(Oc2ccc(-c3ccc(C(=O)CBr)c(C)n3)cc2)ccc1Cl. The first-order valence-electron chi connectivity index (χ1n) is 8.09. The predicted molar refractivity (Wildman–Crippen MR) is 109 cm³/mol. The molecule has 26 heavy (non-hydrogen) atoms. The highest BCUT2D eigenvalue weighted by molar-refractivity contribution is 9.09. The van der Waals surface area contributed by atoms with Gasteiger partial charge in [-0.05, 0) is 74.0 Å². The minimum atomic E-state index is 0.0311. The lowest BCUT2D eigenvalue weighted by molar-refractivity contribution is 0.102. The standard InChI is InChI=1S/C21H17BrClNO2/c1-13-11-17(7-9-19(13)23)26-16-5-3-15(4-6-16)20-10-8-18(14(2)24-20)21(25)12-22/h3-11H,12H2,1-2H3. The van der Waals surface area contributed by atoms with Crippen molar-refractivity contribution >= 4 is 33.3 Å². The van der Waals surface area contributed by atoms with Crippen molar-refractivity contribution in [2.75, 3.05) is 5.33 Å². The number of aryl methyl sites for hydroxylation is 2. The normalized spacial score (nSPS) is 10.6. The molecule has 0 bridgehead atoms. The van der Waals surface area contributed by atoms with Crippen LogP contribution < -0.4 is 4.74 Å². The Kier molecular flexibility index (Phi) is 5.74. The summed E-state index contributed by atoms with van der Waals surface area (Å²) in [4.78, 5) is 16.4. The van der Waals surface area contributed by atoms with Crippen molar-refractivity contribution in [3.63, 3.8) is 0 Å². The smallest absolute Gasteiger partial charge is 0.175 e. The maximum absolute atomic E-state index is 11.8. The fraction of sp³-hybridized carbons (Fsp3) is 0.143. The number of hydrogen-bond donors (Lipinski definition) is 0. The van der Waals surface area contributed by atoms with Crippen LogP contribution in [0.2, 0.25) is 5.02 Å². The molecular weight excluding hydrogens is 414 g/mol. The Morgan fingerprint density at radius 1 is 1.04 bits per heavy atom. The molecule has 0 unspecified atom stereocenters. The molecule has 0 saturated heterocycles. The quantitative estimate of drug-likeness (QED) is 0.348. The molecule has 0 aliphatic carbocycles. The van der Waals surface area contributed by atoms with Gasteiger partial charge in [-0.2, -0.15) is 0 Å². The highest BCUT2D eigenvalue weighted by atomic mass is 79.9. The van der Waals surface area contributed by atoms with Crippen LogP contribution in [0, 0.1) is 13.8 Å². The summed E-state index contributed by atoms with van der Waals surface area (Å²) in [6, 6.07) is 16.9. The molecular formula is C21H17BrClNO2. The van der Waals surface area contributed by atoms with Crippen LogP contribution in [0.15, 0.2) is 54.6 Å². The molecule has 3 aromatic rings. The molecule has 2 aromatic carbocycles. The third-order valence-corrected chi connectivity index (χ3v) is 4.96. The molecule has 0 radical (unpaired) electrons. The van der Waals surface area contributed by atoms with Crippen molar-refractivity contribution in [1.82, 2.24) is 4.98 Å². The third-order valence-electron chi connectivity index (χ3n) is 4.02. The van der Waals surface area contributed by atoms with Gasteiger partial charge in [-0.1, -0.05) is 27.5 Å². The first-order valence-corrected chi connectivity index (χ1v) is 9.59. The molecule has 1 heterocycles. The van der Waals surface area contributed by atoms with E-state index in [-0.39, 0.29) is 5.78 Å². The second-order valence-electron chi connectivity index (χ2n) is 5.92. The lowest BCUT2D eigenvalue weighted by Crippen LogP contribution is -2.04. The molecule has 1 aromatic heterocycles. The molecule has 0 saturated carbocycles. The number of pyridine rings is 1. The van der Waals surface area contributed by atoms with Crippen LogP contribution in [-0.2, 0) is 0 Å². The van der Waals surface area contributed by atoms with Gasteiger partial charge in [0.15, 0.2) is 5.78 Å². The average molecular weight is 431 g/mol. The number of carbonyl (C=O) groups is 1. The zero-order valence-electron chi connectivity index (χ0n) is 14.4. The fourth-order valence-corrected chi connectivity index (χ4v) is 3.02. The van der Waals surface area contributed by atoms with Crippen molar-refractivity contribution in [3.05, 3.63) is 76.4 Å². The summed E-state index contributed by atoms with van der Waals surface area (Å²) in [5.74, 6) is 1.51. The number of rotatable bonds is 5. The van der Waals surface area contributed by atoms with Gasteiger partial charge in [-0.3, -0.25) is 9.78 Å². The molecule has 3 nitrogen and oxygen atoms in total. The summed E-state index contributed by atoms with van der Waals surface area (Å²) in [5, 5.41) is 1.02. The molecule has 0 spiro atoms. The maximum Gasteiger partial charge on any atom is 0.175 e. The van der Waals surface area contributed by atoms with Crippen LogP contribution in [-0.4, -0.2) is 16.1 Å². The van der Waals surface area contributed by atoms with E-state index in [0.29, 0.717) is 10.9 Å². The van der Waals surface area contributed by atoms with Crippen LogP contribution in [0.3, 0.4) is 0 Å². The van der Waals surface area contributed by atoms with E-state index in [1.165, 1.54) is 0 Å². The Morgan fingerprint density at radius 3 is 2.35 bits per heavy atom. The van der Waals surface area contributed by atoms with E-state index in [9.17, 15) is 4.79 Å². The summed E-state index contributed by atoms with van der Waals surface area (Å²) in [6.07, 6.45) is 0. The number of aromatic nitrogens is 1. The first-order chi connectivity index (χ1) is 12.5. The van der Waals surface area contributed by atoms with E-state index < -0.39 is 0 Å². The van der Waals surface area contributed by atoms with Gasteiger partial charge < -0.3 is 4.74 Å². The highest BCUT2D eigenvalue weighted by Crippen LogP contribution is 2.28. The molecule has 132 valence electrons. The third kappa shape index (κ3) is 4.14. The van der Waals surface area contributed by atoms with Gasteiger partial charge in [0.05, 0.1) is 11.0 Å². The highest BCUT2D eigenvalue weighted by Gasteiger charge is 2.10. The fourth-order valence-electron chi connectivity index (χ4n) is 2.60. The molecule has 0 aliphatic rings. The Bertz CT molecular complexity index is 955. The minimum Gasteiger partial charge on any atom is -0.457 e. The summed E-state index contributed by atoms with van der Waals surface area (Å²) in [7, 11) is 0. The first kappa shape index (κ1) is 18.6. The number of carbonyl (C=O) groups excluding carboxylic acids is 1. The largest absolute Gasteiger partial charge is 0.457 e. The molecule has 0 fully saturated rings. The molecule has 3 rings (SSSR count). The Hall–Kier alpha value is -2.17. The lowest BCUT2D eigenvalue weighted by Gasteiger charge is -2.09. The van der Waals surface area contributed by atoms with Gasteiger partial charge in [-0.25, -0.2) is 0 Å². The van der Waals surface area contributed by atoms with Crippen LogP contribution >= 0.6 is 27.5 Å². The molecule has 0 N–H and O–H groups in total. The van der Waals surface area contributed by atoms with Gasteiger partial charge >= 0.3 is 0 Å². The minimum absolute atomic E-state index is 0.0311. The van der Waals surface area contributed by atoms with Crippen molar-refractivity contribution in [3.8, 4) is 22.8 Å². The number of Topliss-reactive ketones (excluding diaryl/α,β-unsaturated/α-hetero) is 1. The van der Waals surface area contributed by atoms with Crippen molar-refractivity contribution in [2.45, 2.75) is 13.8 Å². The van der Waals surface area contributed by atoms with Gasteiger partial charge in [0.1, 0.15) is 11.5 Å². The molecule has 0 amide bonds. The van der Waals surface area contributed by atoms with Gasteiger partial charge in [0, 0.05) is 21.8 Å². The number of benzene rings is 2. The lowest BCUT2D eigenvalue weighted by atomic mass is 10.1. The summed E-state index contributed by atoms with van der Waals surface area (Å²) in [5.41, 5.74) is 4.12. The van der Waals surface area contributed by atoms with Crippen molar-refractivity contribution in [2.24, 2.45) is 0 Å². The van der Waals surface area contributed by atoms with Crippen LogP contribution in [0.4, 0.5) is 0 Å². The van der Waals surface area contributed by atoms with E-state index in [1.54, 1.807) is 0 Å². The maximum atomic E-state index is 11.8. The van der Waals surface area contributed by atoms with E-state index >= 15 is 0 Å². The van der Waals surface area contributed by atoms with Gasteiger partial charge in [0.25, 0.3) is 0 Å². The second kappa shape index (κ2) is 8.02. The summed E-state index contributed by atoms with van der Waals surface area (Å²) >= 11 is 9.23. The van der Waals surface area contributed by atoms with Crippen molar-refractivity contribution < 1.29 is 9.53 Å². The Balaban J connectivity index is 1.80. The second-order valence-corrected chi connectivity index (χ2v) is 6.89. The summed E-state index contributed by atoms with van der Waals surface area (Å²) in [6.45, 7) is 3.79. The monoisotopic (exact) mass is 429 g/mol. The topological polar surface area (TPSA) is 39.2 Å². The van der Waals surface area contributed by atoms with E-state index in [4.69, 9.17) is 16.3 Å². The molecule has 5 heteroatoms. The number of alkyl halides is 1. The number of ketones is 1. The molecule has 0 aliphatic heterocycles. The Labute approximate surface area is 166 Å². The summed E-state index contributed by atoms with van der Waals surface area (Å²) < 4.78 is 5.86. The Morgan fingerprint density at radius 2 is 1.73 bits per heavy atom. The zero-order chi connectivity index (χ0) is 18.7. The number of halogens is 2.